The van der Waals surface area contributed by atoms with Crippen molar-refractivity contribution in [2.24, 2.45) is 7.05 Å². The van der Waals surface area contributed by atoms with Gasteiger partial charge in [0.2, 0.25) is 0 Å². The van der Waals surface area contributed by atoms with Crippen molar-refractivity contribution in [2.45, 2.75) is 19.3 Å². The Kier molecular flexibility index (Phi) is 4.13. The average molecular weight is 367 g/mol. The molecule has 4 heterocycles. The molecule has 0 unspecified atom stereocenters. The molecule has 0 spiro atoms. The fraction of sp³-hybridized carbons (Fsp3) is 0.174. The SMILES string of the molecule is Cn1c(CCc2ccc(Cc3c[nH]c4ncccc34)cn2)nc2ccccc21. The van der Waals surface area contributed by atoms with Crippen LogP contribution in [-0.2, 0) is 26.3 Å². The van der Waals surface area contributed by atoms with Gasteiger partial charge in [0, 0.05) is 49.6 Å². The van der Waals surface area contributed by atoms with Gasteiger partial charge in [0.25, 0.3) is 0 Å². The Morgan fingerprint density at radius 3 is 2.75 bits per heavy atom. The van der Waals surface area contributed by atoms with Crippen LogP contribution < -0.4 is 0 Å². The number of para-hydroxylation sites is 2. The molecule has 0 bridgehead atoms. The van der Waals surface area contributed by atoms with Crippen molar-refractivity contribution in [3.05, 3.63) is 89.8 Å². The summed E-state index contributed by atoms with van der Waals surface area (Å²) in [5, 5.41) is 1.17. The highest BCUT2D eigenvalue weighted by Gasteiger charge is 2.08. The molecular formula is C23H21N5. The summed E-state index contributed by atoms with van der Waals surface area (Å²) in [6.45, 7) is 0. The Hall–Kier alpha value is -3.47. The largest absolute Gasteiger partial charge is 0.346 e. The monoisotopic (exact) mass is 367 g/mol. The summed E-state index contributed by atoms with van der Waals surface area (Å²) in [6, 6.07) is 16.6. The molecule has 0 atom stereocenters. The van der Waals surface area contributed by atoms with E-state index < -0.39 is 0 Å². The smallest absolute Gasteiger partial charge is 0.137 e. The quantitative estimate of drug-likeness (QED) is 0.506. The summed E-state index contributed by atoms with van der Waals surface area (Å²) in [4.78, 5) is 17.0. The van der Waals surface area contributed by atoms with Gasteiger partial charge in [0.05, 0.1) is 11.0 Å². The Bertz CT molecular complexity index is 1250. The lowest BCUT2D eigenvalue weighted by molar-refractivity contribution is 0.775. The summed E-state index contributed by atoms with van der Waals surface area (Å²) in [6.07, 6.45) is 8.45. The molecule has 0 amide bonds. The molecule has 0 aliphatic heterocycles. The summed E-state index contributed by atoms with van der Waals surface area (Å²) < 4.78 is 2.18. The summed E-state index contributed by atoms with van der Waals surface area (Å²) in [7, 11) is 2.08. The van der Waals surface area contributed by atoms with Crippen LogP contribution in [0.1, 0.15) is 22.6 Å². The van der Waals surface area contributed by atoms with E-state index in [0.717, 1.165) is 41.9 Å². The number of imidazole rings is 1. The molecule has 1 aromatic carbocycles. The molecular weight excluding hydrogens is 346 g/mol. The van der Waals surface area contributed by atoms with Gasteiger partial charge in [-0.3, -0.25) is 4.98 Å². The molecule has 5 aromatic rings. The van der Waals surface area contributed by atoms with Crippen LogP contribution in [0, 0.1) is 0 Å². The molecule has 0 radical (unpaired) electrons. The average Bonchev–Trinajstić information content (AvgIpc) is 3.29. The van der Waals surface area contributed by atoms with Gasteiger partial charge >= 0.3 is 0 Å². The van der Waals surface area contributed by atoms with E-state index in [0.29, 0.717) is 0 Å². The van der Waals surface area contributed by atoms with E-state index in [1.54, 1.807) is 0 Å². The van der Waals surface area contributed by atoms with E-state index in [9.17, 15) is 0 Å². The lowest BCUT2D eigenvalue weighted by atomic mass is 10.1. The Morgan fingerprint density at radius 1 is 0.964 bits per heavy atom. The van der Waals surface area contributed by atoms with Gasteiger partial charge in [-0.05, 0) is 47.9 Å². The van der Waals surface area contributed by atoms with Crippen LogP contribution >= 0.6 is 0 Å². The van der Waals surface area contributed by atoms with E-state index in [1.807, 2.05) is 30.7 Å². The van der Waals surface area contributed by atoms with E-state index in [4.69, 9.17) is 4.98 Å². The highest BCUT2D eigenvalue weighted by atomic mass is 15.1. The molecule has 0 saturated carbocycles. The van der Waals surface area contributed by atoms with E-state index >= 15 is 0 Å². The summed E-state index contributed by atoms with van der Waals surface area (Å²) >= 11 is 0. The minimum Gasteiger partial charge on any atom is -0.346 e. The van der Waals surface area contributed by atoms with Crippen LogP contribution in [0.15, 0.2) is 67.1 Å². The predicted molar refractivity (Wildman–Crippen MR) is 111 cm³/mol. The number of nitrogens with zero attached hydrogens (tertiary/aromatic N) is 4. The first-order valence-electron chi connectivity index (χ1n) is 9.53. The Labute approximate surface area is 163 Å². The van der Waals surface area contributed by atoms with Crippen molar-refractivity contribution in [1.29, 1.82) is 0 Å². The van der Waals surface area contributed by atoms with Gasteiger partial charge in [-0.1, -0.05) is 18.2 Å². The number of hydrogen-bond acceptors (Lipinski definition) is 3. The van der Waals surface area contributed by atoms with Crippen LogP contribution in [0.25, 0.3) is 22.1 Å². The highest BCUT2D eigenvalue weighted by Crippen LogP contribution is 2.19. The van der Waals surface area contributed by atoms with E-state index in [-0.39, 0.29) is 0 Å². The fourth-order valence-corrected chi connectivity index (χ4v) is 3.75. The summed E-state index contributed by atoms with van der Waals surface area (Å²) in [5.41, 5.74) is 6.71. The maximum Gasteiger partial charge on any atom is 0.137 e. The number of rotatable bonds is 5. The van der Waals surface area contributed by atoms with Crippen molar-refractivity contribution in [1.82, 2.24) is 24.5 Å². The maximum atomic E-state index is 4.75. The number of hydrogen-bond donors (Lipinski definition) is 1. The molecule has 0 fully saturated rings. The topological polar surface area (TPSA) is 59.4 Å². The van der Waals surface area contributed by atoms with Crippen LogP contribution in [-0.4, -0.2) is 24.5 Å². The van der Waals surface area contributed by atoms with Crippen molar-refractivity contribution in [3.63, 3.8) is 0 Å². The van der Waals surface area contributed by atoms with Crippen LogP contribution in [0.3, 0.4) is 0 Å². The molecule has 138 valence electrons. The third-order valence-electron chi connectivity index (χ3n) is 5.30. The number of benzene rings is 1. The van der Waals surface area contributed by atoms with E-state index in [1.165, 1.54) is 22.0 Å². The minimum absolute atomic E-state index is 0.851. The number of aryl methyl sites for hydroxylation is 3. The van der Waals surface area contributed by atoms with Crippen LogP contribution in [0.2, 0.25) is 0 Å². The number of pyridine rings is 2. The van der Waals surface area contributed by atoms with Gasteiger partial charge in [-0.2, -0.15) is 0 Å². The molecule has 5 rings (SSSR count). The van der Waals surface area contributed by atoms with Gasteiger partial charge in [-0.25, -0.2) is 9.97 Å². The standard InChI is InChI=1S/C23H21N5/c1-28-21-7-3-2-6-20(21)27-22(28)11-10-18-9-8-16(14-25-18)13-17-15-26-23-19(17)5-4-12-24-23/h2-9,12,14-15H,10-11,13H2,1H3,(H,24,26). The number of nitrogens with one attached hydrogen (secondary N) is 1. The Morgan fingerprint density at radius 2 is 1.89 bits per heavy atom. The number of H-pyrrole nitrogens is 1. The fourth-order valence-electron chi connectivity index (χ4n) is 3.75. The van der Waals surface area contributed by atoms with Crippen molar-refractivity contribution in [3.8, 4) is 0 Å². The first kappa shape index (κ1) is 16.7. The lowest BCUT2D eigenvalue weighted by Gasteiger charge is -2.04. The molecule has 5 heteroatoms. The first-order valence-corrected chi connectivity index (χ1v) is 9.53. The molecule has 0 aliphatic rings. The highest BCUT2D eigenvalue weighted by molar-refractivity contribution is 5.79. The molecule has 0 aliphatic carbocycles. The predicted octanol–water partition coefficient (Wildman–Crippen LogP) is 4.22. The third-order valence-corrected chi connectivity index (χ3v) is 5.30. The van der Waals surface area contributed by atoms with Crippen molar-refractivity contribution < 1.29 is 0 Å². The molecule has 1 N–H and O–H groups in total. The van der Waals surface area contributed by atoms with Gasteiger partial charge in [-0.15, -0.1) is 0 Å². The second kappa shape index (κ2) is 6.93. The van der Waals surface area contributed by atoms with Crippen LogP contribution in [0.5, 0.6) is 0 Å². The van der Waals surface area contributed by atoms with Crippen LogP contribution in [0.4, 0.5) is 0 Å². The molecule has 28 heavy (non-hydrogen) atoms. The van der Waals surface area contributed by atoms with Gasteiger partial charge in [0.1, 0.15) is 11.5 Å². The first-order chi connectivity index (χ1) is 13.8. The summed E-state index contributed by atoms with van der Waals surface area (Å²) in [5.74, 6) is 1.10. The maximum absolute atomic E-state index is 4.75. The number of fused-ring (bicyclic) bond motifs is 2. The zero-order valence-corrected chi connectivity index (χ0v) is 15.8. The van der Waals surface area contributed by atoms with Gasteiger partial charge in [0.15, 0.2) is 0 Å². The molecule has 0 saturated heterocycles. The van der Waals surface area contributed by atoms with E-state index in [2.05, 4.69) is 63.0 Å². The zero-order chi connectivity index (χ0) is 18.9. The Balaban J connectivity index is 1.29. The normalized spacial score (nSPS) is 11.5. The van der Waals surface area contributed by atoms with Crippen molar-refractivity contribution in [2.75, 3.05) is 0 Å². The van der Waals surface area contributed by atoms with Gasteiger partial charge < -0.3 is 9.55 Å². The lowest BCUT2D eigenvalue weighted by Crippen LogP contribution is -2.02. The molecule has 4 aromatic heterocycles. The number of aromatic amines is 1. The van der Waals surface area contributed by atoms with Crippen molar-refractivity contribution >= 4 is 22.1 Å². The third kappa shape index (κ3) is 3.05. The molecule has 5 nitrogen and oxygen atoms in total. The number of aromatic nitrogens is 5. The minimum atomic E-state index is 0.851. The zero-order valence-electron chi connectivity index (χ0n) is 15.8. The second-order valence-electron chi connectivity index (χ2n) is 7.12. The second-order valence-corrected chi connectivity index (χ2v) is 7.12.